The summed E-state index contributed by atoms with van der Waals surface area (Å²) in [7, 11) is 0. The van der Waals surface area contributed by atoms with E-state index in [-0.39, 0.29) is 17.3 Å². The number of benzene rings is 1. The summed E-state index contributed by atoms with van der Waals surface area (Å²) in [6.07, 6.45) is -0.498. The molecule has 1 aromatic carbocycles. The molecule has 0 heterocycles. The van der Waals surface area contributed by atoms with Crippen LogP contribution in [0.5, 0.6) is 5.75 Å². The monoisotopic (exact) mass is 308 g/mol. The van der Waals surface area contributed by atoms with Crippen LogP contribution < -0.4 is 4.74 Å². The van der Waals surface area contributed by atoms with Crippen LogP contribution in [-0.2, 0) is 4.79 Å². The van der Waals surface area contributed by atoms with Crippen molar-refractivity contribution in [3.63, 3.8) is 0 Å². The molecule has 0 radical (unpaired) electrons. The third-order valence-electron chi connectivity index (χ3n) is 2.05. The third-order valence-corrected chi connectivity index (χ3v) is 2.50. The lowest BCUT2D eigenvalue weighted by Crippen LogP contribution is -2.15. The highest BCUT2D eigenvalue weighted by atomic mass is 79.9. The first kappa shape index (κ1) is 13.9. The minimum Gasteiger partial charge on any atom is -0.485 e. The van der Waals surface area contributed by atoms with E-state index in [4.69, 9.17) is 9.84 Å². The van der Waals surface area contributed by atoms with Gasteiger partial charge in [0, 0.05) is 10.9 Å². The molecule has 17 heavy (non-hydrogen) atoms. The fourth-order valence-corrected chi connectivity index (χ4v) is 1.63. The molecule has 0 saturated carbocycles. The lowest BCUT2D eigenvalue weighted by atomic mass is 10.2. The van der Waals surface area contributed by atoms with Gasteiger partial charge in [0.2, 0.25) is 0 Å². The average Bonchev–Trinajstić information content (AvgIpc) is 2.20. The summed E-state index contributed by atoms with van der Waals surface area (Å²) in [5.74, 6) is -3.10. The normalized spacial score (nSPS) is 12.2. The first-order valence-electron chi connectivity index (χ1n) is 4.93. The van der Waals surface area contributed by atoms with E-state index in [0.717, 1.165) is 12.1 Å². The predicted molar refractivity (Wildman–Crippen MR) is 61.0 cm³/mol. The molecule has 1 unspecified atom stereocenters. The molecule has 0 aliphatic heterocycles. The van der Waals surface area contributed by atoms with Gasteiger partial charge >= 0.3 is 5.97 Å². The van der Waals surface area contributed by atoms with E-state index in [1.165, 1.54) is 0 Å². The fraction of sp³-hybridized carbons (Fsp3) is 0.364. The zero-order valence-electron chi connectivity index (χ0n) is 9.04. The van der Waals surface area contributed by atoms with Crippen molar-refractivity contribution in [1.29, 1.82) is 0 Å². The summed E-state index contributed by atoms with van der Waals surface area (Å²) < 4.78 is 32.0. The Bertz CT molecular complexity index is 400. The van der Waals surface area contributed by atoms with E-state index in [0.29, 0.717) is 0 Å². The Labute approximate surface area is 106 Å². The number of aliphatic carboxylic acids is 1. The maximum absolute atomic E-state index is 13.4. The van der Waals surface area contributed by atoms with E-state index < -0.39 is 29.5 Å². The standard InChI is InChI=1S/C11H11BrF2O3/c1-6(2-3-10(15)16)17-11-8(13)4-7(12)5-9(11)14/h4-6H,2-3H2,1H3,(H,15,16). The first-order valence-corrected chi connectivity index (χ1v) is 5.72. The molecule has 0 amide bonds. The van der Waals surface area contributed by atoms with Crippen LogP contribution in [0.15, 0.2) is 16.6 Å². The molecule has 0 spiro atoms. The topological polar surface area (TPSA) is 46.5 Å². The van der Waals surface area contributed by atoms with Gasteiger partial charge in [-0.05, 0) is 25.5 Å². The lowest BCUT2D eigenvalue weighted by Gasteiger charge is -2.15. The Kier molecular flexibility index (Phi) is 4.86. The van der Waals surface area contributed by atoms with Crippen LogP contribution in [0.3, 0.4) is 0 Å². The largest absolute Gasteiger partial charge is 0.485 e. The summed E-state index contributed by atoms with van der Waals surface area (Å²) in [4.78, 5) is 10.3. The van der Waals surface area contributed by atoms with Crippen molar-refractivity contribution in [2.24, 2.45) is 0 Å². The van der Waals surface area contributed by atoms with Gasteiger partial charge in [-0.1, -0.05) is 15.9 Å². The van der Waals surface area contributed by atoms with Crippen molar-refractivity contribution in [3.8, 4) is 5.75 Å². The molecular weight excluding hydrogens is 298 g/mol. The Hall–Kier alpha value is -1.17. The fourth-order valence-electron chi connectivity index (χ4n) is 1.23. The number of halogens is 3. The molecule has 0 aliphatic carbocycles. The Morgan fingerprint density at radius 1 is 1.47 bits per heavy atom. The molecule has 1 rings (SSSR count). The Balaban J connectivity index is 2.71. The van der Waals surface area contributed by atoms with Crippen LogP contribution in [0.2, 0.25) is 0 Å². The highest BCUT2D eigenvalue weighted by Crippen LogP contribution is 2.27. The SMILES string of the molecule is CC(CCC(=O)O)Oc1c(F)cc(Br)cc1F. The van der Waals surface area contributed by atoms with Gasteiger partial charge in [-0.25, -0.2) is 8.78 Å². The first-order chi connectivity index (χ1) is 7.90. The molecule has 0 fully saturated rings. The van der Waals surface area contributed by atoms with Gasteiger partial charge in [0.15, 0.2) is 17.4 Å². The van der Waals surface area contributed by atoms with Crippen LogP contribution in [-0.4, -0.2) is 17.2 Å². The number of rotatable bonds is 5. The summed E-state index contributed by atoms with van der Waals surface area (Å²) in [6, 6.07) is 2.17. The third kappa shape index (κ3) is 4.30. The zero-order chi connectivity index (χ0) is 13.0. The molecule has 1 atom stereocenters. The summed E-state index contributed by atoms with van der Waals surface area (Å²) >= 11 is 2.95. The number of carbonyl (C=O) groups is 1. The molecule has 0 aromatic heterocycles. The summed E-state index contributed by atoms with van der Waals surface area (Å²) in [6.45, 7) is 1.56. The maximum atomic E-state index is 13.4. The van der Waals surface area contributed by atoms with Crippen LogP contribution in [0.1, 0.15) is 19.8 Å². The number of hydrogen-bond acceptors (Lipinski definition) is 2. The second kappa shape index (κ2) is 5.95. The van der Waals surface area contributed by atoms with Crippen LogP contribution in [0.4, 0.5) is 8.78 Å². The van der Waals surface area contributed by atoms with Crippen molar-refractivity contribution < 1.29 is 23.4 Å². The molecule has 1 N–H and O–H groups in total. The quantitative estimate of drug-likeness (QED) is 0.907. The Morgan fingerprint density at radius 3 is 2.47 bits per heavy atom. The van der Waals surface area contributed by atoms with Crippen molar-refractivity contribution >= 4 is 21.9 Å². The number of ether oxygens (including phenoxy) is 1. The van der Waals surface area contributed by atoms with Crippen LogP contribution in [0, 0.1) is 11.6 Å². The van der Waals surface area contributed by atoms with Crippen molar-refractivity contribution in [1.82, 2.24) is 0 Å². The minimum absolute atomic E-state index is 0.110. The number of carboxylic acid groups (broad SMARTS) is 1. The van der Waals surface area contributed by atoms with Crippen LogP contribution in [0.25, 0.3) is 0 Å². The summed E-state index contributed by atoms with van der Waals surface area (Å²) in [5, 5.41) is 8.46. The average molecular weight is 309 g/mol. The van der Waals surface area contributed by atoms with Gasteiger partial charge < -0.3 is 9.84 Å². The second-order valence-electron chi connectivity index (χ2n) is 3.56. The van der Waals surface area contributed by atoms with Gasteiger partial charge in [-0.3, -0.25) is 4.79 Å². The molecule has 1 aromatic rings. The smallest absolute Gasteiger partial charge is 0.303 e. The highest BCUT2D eigenvalue weighted by Gasteiger charge is 2.15. The molecular formula is C11H11BrF2O3. The molecule has 0 bridgehead atoms. The lowest BCUT2D eigenvalue weighted by molar-refractivity contribution is -0.137. The van der Waals surface area contributed by atoms with E-state index in [9.17, 15) is 13.6 Å². The van der Waals surface area contributed by atoms with Gasteiger partial charge in [0.05, 0.1) is 6.10 Å². The van der Waals surface area contributed by atoms with E-state index in [1.54, 1.807) is 6.92 Å². The van der Waals surface area contributed by atoms with E-state index in [2.05, 4.69) is 15.9 Å². The van der Waals surface area contributed by atoms with Gasteiger partial charge in [-0.2, -0.15) is 0 Å². The van der Waals surface area contributed by atoms with Crippen LogP contribution >= 0.6 is 15.9 Å². The highest BCUT2D eigenvalue weighted by molar-refractivity contribution is 9.10. The molecule has 0 aliphatic rings. The minimum atomic E-state index is -0.975. The van der Waals surface area contributed by atoms with Crippen molar-refractivity contribution in [2.45, 2.75) is 25.9 Å². The van der Waals surface area contributed by atoms with Gasteiger partial charge in [0.1, 0.15) is 0 Å². The number of carboxylic acids is 1. The van der Waals surface area contributed by atoms with E-state index >= 15 is 0 Å². The van der Waals surface area contributed by atoms with E-state index in [1.807, 2.05) is 0 Å². The molecule has 0 saturated heterocycles. The van der Waals surface area contributed by atoms with Crippen molar-refractivity contribution in [3.05, 3.63) is 28.2 Å². The zero-order valence-corrected chi connectivity index (χ0v) is 10.6. The maximum Gasteiger partial charge on any atom is 0.303 e. The molecule has 6 heteroatoms. The van der Waals surface area contributed by atoms with Crippen molar-refractivity contribution in [2.75, 3.05) is 0 Å². The van der Waals surface area contributed by atoms with Gasteiger partial charge in [-0.15, -0.1) is 0 Å². The molecule has 3 nitrogen and oxygen atoms in total. The molecule has 94 valence electrons. The second-order valence-corrected chi connectivity index (χ2v) is 4.48. The summed E-state index contributed by atoms with van der Waals surface area (Å²) in [5.41, 5.74) is 0. The Morgan fingerprint density at radius 2 is 2.00 bits per heavy atom. The predicted octanol–water partition coefficient (Wildman–Crippen LogP) is 3.36. The van der Waals surface area contributed by atoms with Gasteiger partial charge in [0.25, 0.3) is 0 Å². The number of hydrogen-bond donors (Lipinski definition) is 1.